The van der Waals surface area contributed by atoms with Crippen LogP contribution in [-0.2, 0) is 13.1 Å². The summed E-state index contributed by atoms with van der Waals surface area (Å²) in [7, 11) is 0. The maximum atomic E-state index is 5.47. The highest BCUT2D eigenvalue weighted by Gasteiger charge is 1.94. The Kier molecular flexibility index (Phi) is 6.22. The van der Waals surface area contributed by atoms with Crippen molar-refractivity contribution in [1.29, 1.82) is 0 Å². The van der Waals surface area contributed by atoms with E-state index in [0.29, 0.717) is 13.1 Å². The van der Waals surface area contributed by atoms with Crippen LogP contribution < -0.4 is 23.2 Å². The summed E-state index contributed by atoms with van der Waals surface area (Å²) in [5.41, 5.74) is 13.2. The van der Waals surface area contributed by atoms with Crippen molar-refractivity contribution >= 4 is 0 Å². The van der Waals surface area contributed by atoms with Crippen molar-refractivity contribution < 1.29 is 0 Å². The lowest BCUT2D eigenvalue weighted by Gasteiger charge is -2.02. The SMILES string of the molecule is NCc1ccccc1CN.NN. The van der Waals surface area contributed by atoms with Gasteiger partial charge in [0, 0.05) is 13.1 Å². The molecule has 0 radical (unpaired) electrons. The van der Waals surface area contributed by atoms with Crippen LogP contribution in [0.15, 0.2) is 24.3 Å². The molecule has 1 rings (SSSR count). The molecule has 4 heteroatoms. The van der Waals surface area contributed by atoms with E-state index < -0.39 is 0 Å². The third-order valence-electron chi connectivity index (χ3n) is 1.56. The molecule has 0 fully saturated rings. The van der Waals surface area contributed by atoms with Gasteiger partial charge in [-0.3, -0.25) is 11.7 Å². The molecular weight excluding hydrogens is 152 g/mol. The number of hydrogen-bond donors (Lipinski definition) is 4. The van der Waals surface area contributed by atoms with Gasteiger partial charge in [0.2, 0.25) is 0 Å². The van der Waals surface area contributed by atoms with E-state index in [1.54, 1.807) is 0 Å². The minimum Gasteiger partial charge on any atom is -0.326 e. The molecule has 68 valence electrons. The molecule has 0 saturated carbocycles. The summed E-state index contributed by atoms with van der Waals surface area (Å²) in [6.45, 7) is 1.15. The molecule has 0 bridgehead atoms. The fourth-order valence-corrected chi connectivity index (χ4v) is 0.956. The summed E-state index contributed by atoms with van der Waals surface area (Å²) in [5, 5.41) is 0. The van der Waals surface area contributed by atoms with Gasteiger partial charge in [-0.15, -0.1) is 0 Å². The molecule has 0 atom stereocenters. The fourth-order valence-electron chi connectivity index (χ4n) is 0.956. The van der Waals surface area contributed by atoms with Gasteiger partial charge in [0.25, 0.3) is 0 Å². The van der Waals surface area contributed by atoms with Crippen molar-refractivity contribution in [2.24, 2.45) is 23.2 Å². The quantitative estimate of drug-likeness (QED) is 0.350. The Morgan fingerprint density at radius 3 is 1.42 bits per heavy atom. The number of benzene rings is 1. The van der Waals surface area contributed by atoms with Crippen molar-refractivity contribution in [2.75, 3.05) is 0 Å². The highest BCUT2D eigenvalue weighted by Crippen LogP contribution is 2.05. The van der Waals surface area contributed by atoms with Crippen LogP contribution in [0.1, 0.15) is 11.1 Å². The van der Waals surface area contributed by atoms with E-state index in [4.69, 9.17) is 11.5 Å². The zero-order valence-electron chi connectivity index (χ0n) is 7.03. The van der Waals surface area contributed by atoms with E-state index in [1.807, 2.05) is 24.3 Å². The molecule has 0 unspecified atom stereocenters. The van der Waals surface area contributed by atoms with E-state index in [0.717, 1.165) is 11.1 Å². The van der Waals surface area contributed by atoms with Crippen molar-refractivity contribution in [3.05, 3.63) is 35.4 Å². The third kappa shape index (κ3) is 2.98. The Morgan fingerprint density at radius 1 is 0.833 bits per heavy atom. The van der Waals surface area contributed by atoms with Crippen LogP contribution >= 0.6 is 0 Å². The second-order valence-electron chi connectivity index (χ2n) is 2.18. The van der Waals surface area contributed by atoms with Crippen LogP contribution in [-0.4, -0.2) is 0 Å². The van der Waals surface area contributed by atoms with E-state index in [-0.39, 0.29) is 0 Å². The van der Waals surface area contributed by atoms with Crippen LogP contribution in [0, 0.1) is 0 Å². The lowest BCUT2D eigenvalue weighted by molar-refractivity contribution is 0.980. The van der Waals surface area contributed by atoms with Crippen molar-refractivity contribution in [3.63, 3.8) is 0 Å². The Bertz CT molecular complexity index is 189. The Morgan fingerprint density at radius 2 is 1.17 bits per heavy atom. The Hall–Kier alpha value is -0.940. The molecule has 0 amide bonds. The molecule has 0 aromatic heterocycles. The predicted molar refractivity (Wildman–Crippen MR) is 50.6 cm³/mol. The predicted octanol–water partition coefficient (Wildman–Crippen LogP) is -0.577. The molecule has 0 aliphatic rings. The number of hydrogen-bond acceptors (Lipinski definition) is 4. The molecule has 0 heterocycles. The van der Waals surface area contributed by atoms with Gasteiger partial charge in [0.1, 0.15) is 0 Å². The second kappa shape index (κ2) is 6.75. The van der Waals surface area contributed by atoms with Crippen molar-refractivity contribution in [2.45, 2.75) is 13.1 Å². The average molecular weight is 168 g/mol. The highest BCUT2D eigenvalue weighted by atomic mass is 15.0. The second-order valence-corrected chi connectivity index (χ2v) is 2.18. The molecular formula is C8H16N4. The van der Waals surface area contributed by atoms with Crippen LogP contribution in [0.25, 0.3) is 0 Å². The summed E-state index contributed by atoms with van der Waals surface area (Å²) in [4.78, 5) is 0. The van der Waals surface area contributed by atoms with Crippen LogP contribution in [0.4, 0.5) is 0 Å². The summed E-state index contributed by atoms with van der Waals surface area (Å²) < 4.78 is 0. The first-order chi connectivity index (χ1) is 5.88. The summed E-state index contributed by atoms with van der Waals surface area (Å²) in [6, 6.07) is 7.95. The molecule has 8 N–H and O–H groups in total. The zero-order valence-corrected chi connectivity index (χ0v) is 7.03. The summed E-state index contributed by atoms with van der Waals surface area (Å²) >= 11 is 0. The van der Waals surface area contributed by atoms with E-state index in [1.165, 1.54) is 0 Å². The lowest BCUT2D eigenvalue weighted by Crippen LogP contribution is -2.05. The van der Waals surface area contributed by atoms with Gasteiger partial charge in [0.15, 0.2) is 0 Å². The molecule has 0 spiro atoms. The van der Waals surface area contributed by atoms with Crippen LogP contribution in [0.5, 0.6) is 0 Å². The maximum Gasteiger partial charge on any atom is 0.0181 e. The van der Waals surface area contributed by atoms with E-state index in [9.17, 15) is 0 Å². The van der Waals surface area contributed by atoms with Gasteiger partial charge < -0.3 is 11.5 Å². The molecule has 0 aliphatic heterocycles. The minimum absolute atomic E-state index is 0.577. The number of hydrazine groups is 1. The third-order valence-corrected chi connectivity index (χ3v) is 1.56. The largest absolute Gasteiger partial charge is 0.326 e. The molecule has 0 aliphatic carbocycles. The monoisotopic (exact) mass is 168 g/mol. The Labute approximate surface area is 72.5 Å². The average Bonchev–Trinajstić information content (AvgIpc) is 2.20. The van der Waals surface area contributed by atoms with Gasteiger partial charge in [0.05, 0.1) is 0 Å². The molecule has 4 nitrogen and oxygen atoms in total. The van der Waals surface area contributed by atoms with Gasteiger partial charge in [-0.2, -0.15) is 0 Å². The van der Waals surface area contributed by atoms with Gasteiger partial charge >= 0.3 is 0 Å². The fraction of sp³-hybridized carbons (Fsp3) is 0.250. The van der Waals surface area contributed by atoms with Gasteiger partial charge in [-0.25, -0.2) is 0 Å². The highest BCUT2D eigenvalue weighted by molar-refractivity contribution is 5.26. The first-order valence-corrected chi connectivity index (χ1v) is 3.68. The molecule has 1 aromatic rings. The number of nitrogens with two attached hydrogens (primary N) is 4. The van der Waals surface area contributed by atoms with Crippen molar-refractivity contribution in [1.82, 2.24) is 0 Å². The van der Waals surface area contributed by atoms with Crippen molar-refractivity contribution in [3.8, 4) is 0 Å². The van der Waals surface area contributed by atoms with Crippen LogP contribution in [0.2, 0.25) is 0 Å². The summed E-state index contributed by atoms with van der Waals surface area (Å²) in [5.74, 6) is 8.00. The zero-order chi connectivity index (χ0) is 9.40. The first-order valence-electron chi connectivity index (χ1n) is 3.68. The smallest absolute Gasteiger partial charge is 0.0181 e. The first kappa shape index (κ1) is 11.1. The topological polar surface area (TPSA) is 104 Å². The minimum atomic E-state index is 0.577. The lowest BCUT2D eigenvalue weighted by atomic mass is 10.1. The van der Waals surface area contributed by atoms with Gasteiger partial charge in [-0.1, -0.05) is 24.3 Å². The molecule has 0 saturated heterocycles. The standard InChI is InChI=1S/C8H12N2.H4N2/c9-5-7-3-1-2-4-8(7)6-10;1-2/h1-4H,5-6,9-10H2;1-2H2. The van der Waals surface area contributed by atoms with Gasteiger partial charge in [-0.05, 0) is 11.1 Å². The Balaban J connectivity index is 0.000000561. The molecule has 12 heavy (non-hydrogen) atoms. The number of rotatable bonds is 2. The summed E-state index contributed by atoms with van der Waals surface area (Å²) in [6.07, 6.45) is 0. The van der Waals surface area contributed by atoms with E-state index >= 15 is 0 Å². The molecule has 1 aromatic carbocycles. The van der Waals surface area contributed by atoms with E-state index in [2.05, 4.69) is 11.7 Å². The maximum absolute atomic E-state index is 5.47. The van der Waals surface area contributed by atoms with Crippen LogP contribution in [0.3, 0.4) is 0 Å². The normalized spacial score (nSPS) is 8.67.